The molecule has 0 saturated heterocycles. The number of carbonyl (C=O) groups excluding carboxylic acids is 2. The van der Waals surface area contributed by atoms with E-state index in [0.29, 0.717) is 0 Å². The van der Waals surface area contributed by atoms with Gasteiger partial charge < -0.3 is 0 Å². The maximum Gasteiger partial charge on any atom is 0.381 e. The molecular weight excluding hydrogens is 876 g/mol. The smallest absolute Gasteiger partial charge is 0.290 e. The Bertz CT molecular complexity index is 2210. The predicted molar refractivity (Wildman–Crippen MR) is 192 cm³/mol. The zero-order valence-corrected chi connectivity index (χ0v) is 33.9. The van der Waals surface area contributed by atoms with E-state index in [-0.39, 0.29) is 31.2 Å². The number of aryl methyl sites for hydroxylation is 4. The molecule has 0 bridgehead atoms. The fourth-order valence-electron chi connectivity index (χ4n) is 3.76. The molecule has 2 aromatic carbocycles. The third kappa shape index (κ3) is 14.4. The number of aromatic nitrogens is 6. The number of halogens is 5. The molecule has 0 aliphatic carbocycles. The Labute approximate surface area is 335 Å². The summed E-state index contributed by atoms with van der Waals surface area (Å²) < 4.78 is 119. The SMILES string of the molecule is COS(=O)c1cc(C)ccc1S(=O)ONC(=O)Nc1nc(C)nc(C(F)(F)Cl)n1.COS(=O)c1cc(C)ccc1S(=O)ONC(=O)Nc1nc(C)nc(C(F)F)n1. The number of hydroxylamine groups is 2. The molecule has 0 spiro atoms. The minimum absolute atomic E-state index is 0.00356. The van der Waals surface area contributed by atoms with Gasteiger partial charge in [-0.05, 0) is 74.7 Å². The summed E-state index contributed by atoms with van der Waals surface area (Å²) in [6.07, 6.45) is -2.95. The van der Waals surface area contributed by atoms with Crippen molar-refractivity contribution >= 4 is 79.9 Å². The maximum absolute atomic E-state index is 13.1. The van der Waals surface area contributed by atoms with E-state index in [4.69, 9.17) is 28.5 Å². The number of alkyl halides is 5. The Morgan fingerprint density at radius 3 is 1.47 bits per heavy atom. The van der Waals surface area contributed by atoms with Gasteiger partial charge in [-0.2, -0.15) is 37.3 Å². The molecule has 0 saturated carbocycles. The minimum Gasteiger partial charge on any atom is -0.290 e. The molecule has 2 aromatic heterocycles. The van der Waals surface area contributed by atoms with Crippen LogP contribution in [0.4, 0.5) is 39.0 Å². The molecule has 2 heterocycles. The Kier molecular flexibility index (Phi) is 17.5. The summed E-state index contributed by atoms with van der Waals surface area (Å²) in [6.45, 7) is 6.10. The number of nitrogens with one attached hydrogen (secondary N) is 4. The van der Waals surface area contributed by atoms with Crippen molar-refractivity contribution in [3.05, 3.63) is 70.8 Å². The molecule has 57 heavy (non-hydrogen) atoms. The van der Waals surface area contributed by atoms with Crippen LogP contribution in [0.15, 0.2) is 56.0 Å². The van der Waals surface area contributed by atoms with Crippen LogP contribution in [0.2, 0.25) is 0 Å². The summed E-state index contributed by atoms with van der Waals surface area (Å²) in [5.41, 5.74) is 5.09. The van der Waals surface area contributed by atoms with E-state index in [2.05, 4.69) is 35.2 Å². The van der Waals surface area contributed by atoms with Gasteiger partial charge in [0.1, 0.15) is 11.6 Å². The lowest BCUT2D eigenvalue weighted by atomic mass is 10.2. The van der Waals surface area contributed by atoms with E-state index in [0.717, 1.165) is 11.1 Å². The second kappa shape index (κ2) is 21.3. The Morgan fingerprint density at radius 2 is 1.07 bits per heavy atom. The molecule has 0 fully saturated rings. The standard InChI is InChI=1S/C14H14ClF2N5O5S2.C14H15F2N5O5S2/c1-7-4-5-9(10(6-7)28(24)26-3)29(25)27-22-13(23)21-12-19-8(2)18-11(20-12)14(15,16)17;1-7-4-5-9(10(6-7)27(23)25-3)28(24)26-21-14(22)20-13-18-8(2)17-12(19-13)11(15)16/h4-6H,1-3H3,(H2,18,19,20,21,22,23);4-6,11H,1-3H3,(H2,17,18,19,20,21,22). The van der Waals surface area contributed by atoms with Crippen molar-refractivity contribution in [2.45, 2.75) is 59.1 Å². The highest BCUT2D eigenvalue weighted by Gasteiger charge is 2.33. The number of hydrogen-bond acceptors (Lipinski definition) is 16. The summed E-state index contributed by atoms with van der Waals surface area (Å²) in [5, 5.41) is 0.200. The van der Waals surface area contributed by atoms with Gasteiger partial charge in [0.05, 0.1) is 33.8 Å². The summed E-state index contributed by atoms with van der Waals surface area (Å²) in [7, 11) is 2.41. The van der Waals surface area contributed by atoms with E-state index in [1.165, 1.54) is 52.3 Å². The van der Waals surface area contributed by atoms with Crippen molar-refractivity contribution in [3.8, 4) is 0 Å². The largest absolute Gasteiger partial charge is 0.381 e. The van der Waals surface area contributed by atoms with Gasteiger partial charge >= 0.3 is 17.4 Å². The van der Waals surface area contributed by atoms with Crippen LogP contribution >= 0.6 is 11.6 Å². The lowest BCUT2D eigenvalue weighted by Gasteiger charge is -2.11. The molecule has 4 unspecified atom stereocenters. The van der Waals surface area contributed by atoms with Crippen molar-refractivity contribution in [3.63, 3.8) is 0 Å². The third-order valence-electron chi connectivity index (χ3n) is 6.05. The molecule has 4 N–H and O–H groups in total. The number of nitrogens with zero attached hydrogens (tertiary/aromatic N) is 6. The molecule has 0 aliphatic rings. The molecular formula is C28H29ClF4N10O10S4. The number of rotatable bonds is 14. The first kappa shape index (κ1) is 46.8. The van der Waals surface area contributed by atoms with E-state index in [9.17, 15) is 44.0 Å². The summed E-state index contributed by atoms with van der Waals surface area (Å²) in [6, 6.07) is 6.78. The number of carbonyl (C=O) groups is 2. The number of anilines is 2. The average Bonchev–Trinajstić information content (AvgIpc) is 3.14. The maximum atomic E-state index is 13.1. The van der Waals surface area contributed by atoms with E-state index in [1.54, 1.807) is 31.5 Å². The van der Waals surface area contributed by atoms with Crippen molar-refractivity contribution in [2.75, 3.05) is 24.9 Å². The number of hydrogen-bond donors (Lipinski definition) is 4. The van der Waals surface area contributed by atoms with Crippen LogP contribution in [0.5, 0.6) is 0 Å². The van der Waals surface area contributed by atoms with Crippen molar-refractivity contribution in [1.82, 2.24) is 40.9 Å². The van der Waals surface area contributed by atoms with Gasteiger partial charge in [-0.15, -0.1) is 0 Å². The molecule has 4 amide bonds. The second-order valence-corrected chi connectivity index (χ2v) is 15.5. The van der Waals surface area contributed by atoms with Crippen molar-refractivity contribution in [1.29, 1.82) is 0 Å². The van der Waals surface area contributed by atoms with Crippen LogP contribution in [0.3, 0.4) is 0 Å². The number of urea groups is 2. The highest BCUT2D eigenvalue weighted by atomic mass is 35.5. The quantitative estimate of drug-likeness (QED) is 0.0789. The zero-order chi connectivity index (χ0) is 42.6. The second-order valence-electron chi connectivity index (χ2n) is 10.3. The van der Waals surface area contributed by atoms with Gasteiger partial charge in [-0.3, -0.25) is 19.0 Å². The molecule has 4 rings (SSSR count). The number of benzene rings is 2. The van der Waals surface area contributed by atoms with Crippen LogP contribution in [0.1, 0.15) is 40.8 Å². The molecule has 20 nitrogen and oxygen atoms in total. The molecule has 0 aliphatic heterocycles. The van der Waals surface area contributed by atoms with Gasteiger partial charge in [0, 0.05) is 0 Å². The zero-order valence-electron chi connectivity index (χ0n) is 29.8. The summed E-state index contributed by atoms with van der Waals surface area (Å²) in [5.74, 6) is -2.99. The van der Waals surface area contributed by atoms with Gasteiger partial charge in [0.25, 0.3) is 6.43 Å². The molecule has 0 radical (unpaired) electrons. The topological polar surface area (TPSA) is 265 Å². The Balaban J connectivity index is 0.000000306. The minimum atomic E-state index is -3.86. The van der Waals surface area contributed by atoms with Crippen molar-refractivity contribution in [2.24, 2.45) is 0 Å². The number of amides is 4. The van der Waals surface area contributed by atoms with E-state index < -0.39 is 91.7 Å². The first-order valence-electron chi connectivity index (χ1n) is 15.0. The first-order valence-corrected chi connectivity index (χ1v) is 19.7. The van der Waals surface area contributed by atoms with Gasteiger partial charge in [-0.25, -0.2) is 56.1 Å². The fourth-order valence-corrected chi connectivity index (χ4v) is 7.34. The summed E-state index contributed by atoms with van der Waals surface area (Å²) in [4.78, 5) is 44.7. The first-order chi connectivity index (χ1) is 26.7. The van der Waals surface area contributed by atoms with Gasteiger partial charge in [0.15, 0.2) is 22.2 Å². The summed E-state index contributed by atoms with van der Waals surface area (Å²) >= 11 is -3.44. The van der Waals surface area contributed by atoms with Crippen LogP contribution < -0.4 is 21.6 Å². The van der Waals surface area contributed by atoms with Gasteiger partial charge in [-0.1, -0.05) is 12.1 Å². The van der Waals surface area contributed by atoms with Gasteiger partial charge in [0.2, 0.25) is 45.7 Å². The fraction of sp³-hybridized carbons (Fsp3) is 0.286. The van der Waals surface area contributed by atoms with Crippen LogP contribution in [-0.2, 0) is 66.6 Å². The van der Waals surface area contributed by atoms with Crippen LogP contribution in [0, 0.1) is 27.7 Å². The van der Waals surface area contributed by atoms with Crippen LogP contribution in [0.25, 0.3) is 0 Å². The monoisotopic (exact) mass is 904 g/mol. The normalized spacial score (nSPS) is 13.4. The van der Waals surface area contributed by atoms with E-state index in [1.807, 2.05) is 10.8 Å². The lowest BCUT2D eigenvalue weighted by Crippen LogP contribution is -2.31. The highest BCUT2D eigenvalue weighted by Crippen LogP contribution is 2.30. The van der Waals surface area contributed by atoms with Crippen molar-refractivity contribution < 1.29 is 60.9 Å². The van der Waals surface area contributed by atoms with E-state index >= 15 is 0 Å². The third-order valence-corrected chi connectivity index (χ3v) is 10.4. The predicted octanol–water partition coefficient (Wildman–Crippen LogP) is 4.09. The lowest BCUT2D eigenvalue weighted by molar-refractivity contribution is 0.0840. The molecule has 310 valence electrons. The van der Waals surface area contributed by atoms with Crippen LogP contribution in [-0.4, -0.2) is 73.0 Å². The molecule has 4 atom stereocenters. The Morgan fingerprint density at radius 1 is 0.649 bits per heavy atom. The Hall–Kier alpha value is -4.55. The highest BCUT2D eigenvalue weighted by molar-refractivity contribution is 7.84. The molecule has 29 heteroatoms. The average molecular weight is 905 g/mol. The molecule has 4 aromatic rings.